The highest BCUT2D eigenvalue weighted by atomic mass is 15.2. The van der Waals surface area contributed by atoms with Crippen molar-refractivity contribution in [3.63, 3.8) is 0 Å². The molecule has 1 aliphatic carbocycles. The normalized spacial score (nSPS) is 38.1. The minimum atomic E-state index is 0.428. The van der Waals surface area contributed by atoms with Crippen LogP contribution in [-0.2, 0) is 0 Å². The van der Waals surface area contributed by atoms with Crippen LogP contribution in [0, 0.1) is 11.8 Å². The number of hydrogen-bond acceptors (Lipinski definition) is 2. The summed E-state index contributed by atoms with van der Waals surface area (Å²) in [5.74, 6) is 1.73. The summed E-state index contributed by atoms with van der Waals surface area (Å²) in [5, 5.41) is 0. The van der Waals surface area contributed by atoms with Crippen molar-refractivity contribution in [2.45, 2.75) is 51.6 Å². The van der Waals surface area contributed by atoms with Crippen molar-refractivity contribution in [1.82, 2.24) is 4.90 Å². The molecule has 3 unspecified atom stereocenters. The van der Waals surface area contributed by atoms with Gasteiger partial charge in [0.15, 0.2) is 0 Å². The first-order chi connectivity index (χ1) is 6.60. The van der Waals surface area contributed by atoms with Crippen molar-refractivity contribution in [3.05, 3.63) is 0 Å². The molecule has 2 nitrogen and oxygen atoms in total. The summed E-state index contributed by atoms with van der Waals surface area (Å²) in [6.07, 6.45) is 3.79. The summed E-state index contributed by atoms with van der Waals surface area (Å²) in [6, 6.07) is 0.503. The van der Waals surface area contributed by atoms with Gasteiger partial charge in [0, 0.05) is 24.7 Å². The number of nitrogens with two attached hydrogens (primary N) is 1. The van der Waals surface area contributed by atoms with Crippen molar-refractivity contribution < 1.29 is 0 Å². The van der Waals surface area contributed by atoms with Crippen LogP contribution >= 0.6 is 0 Å². The zero-order valence-corrected chi connectivity index (χ0v) is 9.79. The molecule has 1 aliphatic heterocycles. The van der Waals surface area contributed by atoms with Crippen LogP contribution in [0.4, 0.5) is 0 Å². The molecule has 3 atom stereocenters. The topological polar surface area (TPSA) is 29.3 Å². The van der Waals surface area contributed by atoms with Crippen molar-refractivity contribution in [1.29, 1.82) is 0 Å². The first-order valence-corrected chi connectivity index (χ1v) is 6.11. The van der Waals surface area contributed by atoms with Crippen molar-refractivity contribution in [2.75, 3.05) is 13.1 Å². The summed E-state index contributed by atoms with van der Waals surface area (Å²) in [6.45, 7) is 9.58. The molecule has 0 bridgehead atoms. The predicted molar refractivity (Wildman–Crippen MR) is 60.1 cm³/mol. The van der Waals surface area contributed by atoms with Gasteiger partial charge in [-0.2, -0.15) is 0 Å². The van der Waals surface area contributed by atoms with E-state index in [2.05, 4.69) is 25.7 Å². The Kier molecular flexibility index (Phi) is 2.61. The Labute approximate surface area is 87.8 Å². The van der Waals surface area contributed by atoms with Gasteiger partial charge in [0.05, 0.1) is 0 Å². The first-order valence-electron chi connectivity index (χ1n) is 6.11. The van der Waals surface area contributed by atoms with Gasteiger partial charge in [0.2, 0.25) is 0 Å². The van der Waals surface area contributed by atoms with Gasteiger partial charge in [-0.25, -0.2) is 0 Å². The highest BCUT2D eigenvalue weighted by Crippen LogP contribution is 2.43. The Bertz CT molecular complexity index is 210. The molecule has 14 heavy (non-hydrogen) atoms. The molecule has 2 heteroatoms. The van der Waals surface area contributed by atoms with Crippen LogP contribution < -0.4 is 5.73 Å². The van der Waals surface area contributed by atoms with E-state index < -0.39 is 0 Å². The van der Waals surface area contributed by atoms with E-state index in [4.69, 9.17) is 5.73 Å². The van der Waals surface area contributed by atoms with E-state index in [0.717, 1.165) is 11.8 Å². The molecule has 2 rings (SSSR count). The lowest BCUT2D eigenvalue weighted by molar-refractivity contribution is 0.120. The number of hydrogen-bond donors (Lipinski definition) is 1. The van der Waals surface area contributed by atoms with E-state index in [-0.39, 0.29) is 0 Å². The molecule has 1 heterocycles. The average Bonchev–Trinajstić information content (AvgIpc) is 2.55. The van der Waals surface area contributed by atoms with Crippen molar-refractivity contribution in [3.8, 4) is 0 Å². The fourth-order valence-corrected chi connectivity index (χ4v) is 3.10. The summed E-state index contributed by atoms with van der Waals surface area (Å²) in [5.41, 5.74) is 6.45. The molecule has 0 aromatic heterocycles. The largest absolute Gasteiger partial charge is 0.327 e. The van der Waals surface area contributed by atoms with Crippen LogP contribution in [-0.4, -0.2) is 29.6 Å². The molecule has 0 spiro atoms. The molecule has 2 N–H and O–H groups in total. The molecule has 82 valence electrons. The Morgan fingerprint density at radius 3 is 2.36 bits per heavy atom. The molecule has 0 amide bonds. The summed E-state index contributed by atoms with van der Waals surface area (Å²) < 4.78 is 0. The number of likely N-dealkylation sites (tertiary alicyclic amines) is 1. The second-order valence-electron chi connectivity index (χ2n) is 5.43. The summed E-state index contributed by atoms with van der Waals surface area (Å²) in [4.78, 5) is 2.69. The molecular weight excluding hydrogens is 172 g/mol. The molecule has 2 aliphatic rings. The third-order valence-electron chi connectivity index (χ3n) is 4.90. The monoisotopic (exact) mass is 196 g/mol. The van der Waals surface area contributed by atoms with Crippen LogP contribution in [0.15, 0.2) is 0 Å². The standard InChI is InChI=1S/C12H24N2/c1-4-12(3,5-2)14-7-9-6-11(13)10(9)8-14/h9-11H,4-8,13H2,1-3H3. The number of nitrogens with zero attached hydrogens (tertiary/aromatic N) is 1. The van der Waals surface area contributed by atoms with E-state index in [1.165, 1.54) is 32.4 Å². The lowest BCUT2D eigenvalue weighted by atomic mass is 9.72. The Balaban J connectivity index is 2.00. The van der Waals surface area contributed by atoms with Gasteiger partial charge in [-0.15, -0.1) is 0 Å². The van der Waals surface area contributed by atoms with E-state index in [1.807, 2.05) is 0 Å². The lowest BCUT2D eigenvalue weighted by Gasteiger charge is -2.37. The Hall–Kier alpha value is -0.0800. The van der Waals surface area contributed by atoms with Crippen molar-refractivity contribution in [2.24, 2.45) is 17.6 Å². The SMILES string of the molecule is CCC(C)(CC)N1CC2CC(N)C2C1. The minimum Gasteiger partial charge on any atom is -0.327 e. The molecule has 0 aromatic rings. The van der Waals surface area contributed by atoms with Crippen LogP contribution in [0.3, 0.4) is 0 Å². The Morgan fingerprint density at radius 2 is 1.93 bits per heavy atom. The van der Waals surface area contributed by atoms with E-state index in [0.29, 0.717) is 11.6 Å². The Morgan fingerprint density at radius 1 is 1.29 bits per heavy atom. The molecule has 1 saturated carbocycles. The van der Waals surface area contributed by atoms with Gasteiger partial charge >= 0.3 is 0 Å². The summed E-state index contributed by atoms with van der Waals surface area (Å²) >= 11 is 0. The third kappa shape index (κ3) is 1.40. The van der Waals surface area contributed by atoms with Crippen molar-refractivity contribution >= 4 is 0 Å². The predicted octanol–water partition coefficient (Wildman–Crippen LogP) is 1.84. The molecule has 2 fully saturated rings. The fraction of sp³-hybridized carbons (Fsp3) is 1.00. The quantitative estimate of drug-likeness (QED) is 0.746. The van der Waals surface area contributed by atoms with Gasteiger partial charge in [-0.05, 0) is 38.0 Å². The highest BCUT2D eigenvalue weighted by Gasteiger charge is 2.48. The van der Waals surface area contributed by atoms with E-state index >= 15 is 0 Å². The fourth-order valence-electron chi connectivity index (χ4n) is 3.10. The smallest absolute Gasteiger partial charge is 0.0176 e. The zero-order valence-electron chi connectivity index (χ0n) is 9.79. The highest BCUT2D eigenvalue weighted by molar-refractivity contribution is 5.03. The minimum absolute atomic E-state index is 0.428. The molecule has 0 aromatic carbocycles. The maximum atomic E-state index is 6.03. The molecule has 0 radical (unpaired) electrons. The van der Waals surface area contributed by atoms with Gasteiger partial charge < -0.3 is 5.73 Å². The van der Waals surface area contributed by atoms with Crippen LogP contribution in [0.2, 0.25) is 0 Å². The van der Waals surface area contributed by atoms with Gasteiger partial charge in [0.1, 0.15) is 0 Å². The third-order valence-corrected chi connectivity index (χ3v) is 4.90. The van der Waals surface area contributed by atoms with Crippen LogP contribution in [0.25, 0.3) is 0 Å². The number of rotatable bonds is 3. The van der Waals surface area contributed by atoms with Crippen LogP contribution in [0.5, 0.6) is 0 Å². The molecule has 1 saturated heterocycles. The lowest BCUT2D eigenvalue weighted by Crippen LogP contribution is -2.46. The van der Waals surface area contributed by atoms with E-state index in [9.17, 15) is 0 Å². The maximum Gasteiger partial charge on any atom is 0.0176 e. The maximum absolute atomic E-state index is 6.03. The zero-order chi connectivity index (χ0) is 10.3. The van der Waals surface area contributed by atoms with E-state index in [1.54, 1.807) is 0 Å². The first kappa shape index (κ1) is 10.4. The number of fused-ring (bicyclic) bond motifs is 1. The second-order valence-corrected chi connectivity index (χ2v) is 5.43. The average molecular weight is 196 g/mol. The summed E-state index contributed by atoms with van der Waals surface area (Å²) in [7, 11) is 0. The second kappa shape index (κ2) is 3.49. The van der Waals surface area contributed by atoms with Gasteiger partial charge in [-0.3, -0.25) is 4.90 Å². The van der Waals surface area contributed by atoms with Gasteiger partial charge in [0.25, 0.3) is 0 Å². The van der Waals surface area contributed by atoms with Gasteiger partial charge in [-0.1, -0.05) is 13.8 Å². The van der Waals surface area contributed by atoms with Crippen LogP contribution in [0.1, 0.15) is 40.0 Å². The molecular formula is C12H24N2.